The molecule has 0 amide bonds. The molecule has 3 heterocycles. The standard InChI is InChI=1S/C7H13N.C6H13N/c1-7-3-2-5-8(7)6-4-7;1-2-4-6-7-5-3-1/h2-6H2,1H3;7H,1-6H2/p+1. The van der Waals surface area contributed by atoms with Gasteiger partial charge in [0.2, 0.25) is 0 Å². The van der Waals surface area contributed by atoms with Gasteiger partial charge in [-0.25, -0.2) is 0 Å². The highest BCUT2D eigenvalue weighted by Gasteiger charge is 2.48. The van der Waals surface area contributed by atoms with Crippen molar-refractivity contribution >= 4 is 0 Å². The quantitative estimate of drug-likeness (QED) is 0.610. The maximum Gasteiger partial charge on any atom is 0.100 e. The van der Waals surface area contributed by atoms with Gasteiger partial charge in [-0.2, -0.15) is 0 Å². The highest BCUT2D eigenvalue weighted by Crippen LogP contribution is 2.22. The average Bonchev–Trinajstić information content (AvgIpc) is 2.54. The highest BCUT2D eigenvalue weighted by atomic mass is 15.3. The van der Waals surface area contributed by atoms with E-state index in [2.05, 4.69) is 12.2 Å². The molecular formula is C13H27N2+. The summed E-state index contributed by atoms with van der Waals surface area (Å²) in [6, 6.07) is 0. The van der Waals surface area contributed by atoms with Gasteiger partial charge in [-0.1, -0.05) is 12.8 Å². The van der Waals surface area contributed by atoms with Gasteiger partial charge in [0.15, 0.2) is 0 Å². The van der Waals surface area contributed by atoms with Crippen LogP contribution >= 0.6 is 0 Å². The summed E-state index contributed by atoms with van der Waals surface area (Å²) in [5.41, 5.74) is 0.750. The molecule has 0 aromatic heterocycles. The fourth-order valence-corrected chi connectivity index (χ4v) is 3.13. The van der Waals surface area contributed by atoms with Crippen LogP contribution in [0.4, 0.5) is 0 Å². The minimum absolute atomic E-state index is 0.750. The van der Waals surface area contributed by atoms with Crippen LogP contribution < -0.4 is 10.2 Å². The summed E-state index contributed by atoms with van der Waals surface area (Å²) >= 11 is 0. The Kier molecular flexibility index (Phi) is 4.04. The van der Waals surface area contributed by atoms with Crippen molar-refractivity contribution in [2.24, 2.45) is 0 Å². The van der Waals surface area contributed by atoms with Gasteiger partial charge in [-0.15, -0.1) is 0 Å². The molecule has 0 aliphatic carbocycles. The Bertz CT molecular complexity index is 173. The second-order valence-corrected chi connectivity index (χ2v) is 5.68. The summed E-state index contributed by atoms with van der Waals surface area (Å²) in [6.07, 6.45) is 10.1. The van der Waals surface area contributed by atoms with Crippen molar-refractivity contribution in [1.29, 1.82) is 0 Å². The van der Waals surface area contributed by atoms with E-state index in [0.717, 1.165) is 5.54 Å². The third-order valence-corrected chi connectivity index (χ3v) is 4.50. The van der Waals surface area contributed by atoms with E-state index in [9.17, 15) is 0 Å². The first-order valence-electron chi connectivity index (χ1n) is 6.87. The van der Waals surface area contributed by atoms with Crippen molar-refractivity contribution in [3.05, 3.63) is 0 Å². The lowest BCUT2D eigenvalue weighted by Gasteiger charge is -2.41. The Morgan fingerprint density at radius 1 is 0.867 bits per heavy atom. The number of fused-ring (bicyclic) bond motifs is 1. The molecule has 3 saturated heterocycles. The van der Waals surface area contributed by atoms with Crippen molar-refractivity contribution in [1.82, 2.24) is 5.32 Å². The van der Waals surface area contributed by atoms with E-state index in [4.69, 9.17) is 0 Å². The third kappa shape index (κ3) is 2.94. The number of hydrogen-bond donors (Lipinski definition) is 2. The summed E-state index contributed by atoms with van der Waals surface area (Å²) in [5, 5.41) is 3.35. The minimum Gasteiger partial charge on any atom is -0.330 e. The molecule has 3 fully saturated rings. The van der Waals surface area contributed by atoms with E-state index in [-0.39, 0.29) is 0 Å². The zero-order valence-corrected chi connectivity index (χ0v) is 10.3. The van der Waals surface area contributed by atoms with E-state index in [1.54, 1.807) is 0 Å². The molecule has 3 aliphatic rings. The lowest BCUT2D eigenvalue weighted by Crippen LogP contribution is -3.24. The van der Waals surface area contributed by atoms with Crippen LogP contribution in [0.2, 0.25) is 0 Å². The van der Waals surface area contributed by atoms with Crippen molar-refractivity contribution in [3.8, 4) is 0 Å². The largest absolute Gasteiger partial charge is 0.330 e. The van der Waals surface area contributed by atoms with Crippen molar-refractivity contribution in [2.45, 2.75) is 57.4 Å². The lowest BCUT2D eigenvalue weighted by atomic mass is 9.88. The number of hydrogen-bond acceptors (Lipinski definition) is 1. The van der Waals surface area contributed by atoms with Gasteiger partial charge in [-0.05, 0) is 32.9 Å². The summed E-state index contributed by atoms with van der Waals surface area (Å²) in [7, 11) is 0. The zero-order valence-electron chi connectivity index (χ0n) is 10.3. The number of quaternary nitrogens is 1. The van der Waals surface area contributed by atoms with Crippen LogP contribution in [0.1, 0.15) is 51.9 Å². The molecule has 2 heteroatoms. The van der Waals surface area contributed by atoms with Gasteiger partial charge >= 0.3 is 0 Å². The van der Waals surface area contributed by atoms with Crippen molar-refractivity contribution < 1.29 is 4.90 Å². The minimum atomic E-state index is 0.750. The Labute approximate surface area is 94.4 Å². The summed E-state index contributed by atoms with van der Waals surface area (Å²) < 4.78 is 0. The number of nitrogens with one attached hydrogen (secondary N) is 2. The molecule has 88 valence electrons. The Morgan fingerprint density at radius 3 is 2.00 bits per heavy atom. The summed E-state index contributed by atoms with van der Waals surface area (Å²) in [4.78, 5) is 1.87. The van der Waals surface area contributed by atoms with Crippen LogP contribution in [-0.2, 0) is 0 Å². The molecule has 2 N–H and O–H groups in total. The molecule has 3 aliphatic heterocycles. The monoisotopic (exact) mass is 211 g/mol. The van der Waals surface area contributed by atoms with Crippen LogP contribution in [0.15, 0.2) is 0 Å². The van der Waals surface area contributed by atoms with Gasteiger partial charge in [0.1, 0.15) is 5.54 Å². The highest BCUT2D eigenvalue weighted by molar-refractivity contribution is 4.83. The van der Waals surface area contributed by atoms with Crippen molar-refractivity contribution in [3.63, 3.8) is 0 Å². The maximum atomic E-state index is 3.35. The molecule has 0 radical (unpaired) electrons. The molecule has 0 spiro atoms. The van der Waals surface area contributed by atoms with E-state index in [1.807, 2.05) is 4.90 Å². The predicted molar refractivity (Wildman–Crippen MR) is 64.3 cm³/mol. The van der Waals surface area contributed by atoms with Gasteiger partial charge in [0.25, 0.3) is 0 Å². The molecule has 2 atom stereocenters. The van der Waals surface area contributed by atoms with Crippen LogP contribution in [-0.4, -0.2) is 31.7 Å². The molecular weight excluding hydrogens is 184 g/mol. The van der Waals surface area contributed by atoms with E-state index >= 15 is 0 Å². The number of rotatable bonds is 0. The first kappa shape index (κ1) is 11.4. The van der Waals surface area contributed by atoms with Crippen LogP contribution in [0.3, 0.4) is 0 Å². The van der Waals surface area contributed by atoms with E-state index in [1.165, 1.54) is 71.1 Å². The second kappa shape index (κ2) is 5.31. The molecule has 0 bridgehead atoms. The lowest BCUT2D eigenvalue weighted by molar-refractivity contribution is -0.981. The zero-order chi connectivity index (χ0) is 10.6. The van der Waals surface area contributed by atoms with Crippen molar-refractivity contribution in [2.75, 3.05) is 26.2 Å². The molecule has 2 unspecified atom stereocenters. The smallest absolute Gasteiger partial charge is 0.100 e. The van der Waals surface area contributed by atoms with E-state index < -0.39 is 0 Å². The Hall–Kier alpha value is -0.0800. The summed E-state index contributed by atoms with van der Waals surface area (Å²) in [5.74, 6) is 0. The summed E-state index contributed by atoms with van der Waals surface area (Å²) in [6.45, 7) is 7.84. The van der Waals surface area contributed by atoms with Gasteiger partial charge in [0, 0.05) is 12.8 Å². The fraction of sp³-hybridized carbons (Fsp3) is 1.00. The Balaban J connectivity index is 0.000000115. The van der Waals surface area contributed by atoms with Gasteiger partial charge in [-0.3, -0.25) is 0 Å². The first-order chi connectivity index (χ1) is 7.31. The molecule has 0 saturated carbocycles. The molecule has 3 rings (SSSR count). The average molecular weight is 211 g/mol. The third-order valence-electron chi connectivity index (χ3n) is 4.50. The van der Waals surface area contributed by atoms with Crippen LogP contribution in [0, 0.1) is 0 Å². The van der Waals surface area contributed by atoms with E-state index in [0.29, 0.717) is 0 Å². The Morgan fingerprint density at radius 2 is 1.60 bits per heavy atom. The van der Waals surface area contributed by atoms with Crippen LogP contribution in [0.5, 0.6) is 0 Å². The predicted octanol–water partition coefficient (Wildman–Crippen LogP) is 0.978. The molecule has 0 aromatic carbocycles. The molecule has 0 aromatic rings. The normalized spacial score (nSPS) is 39.4. The fourth-order valence-electron chi connectivity index (χ4n) is 3.13. The first-order valence-corrected chi connectivity index (χ1v) is 6.87. The SMILES string of the molecule is C1CCCNCC1.CC12CCC[NH+]1CC2. The topological polar surface area (TPSA) is 16.5 Å². The van der Waals surface area contributed by atoms with Gasteiger partial charge in [0.05, 0.1) is 19.5 Å². The second-order valence-electron chi connectivity index (χ2n) is 5.68. The molecule has 15 heavy (non-hydrogen) atoms. The van der Waals surface area contributed by atoms with Gasteiger partial charge < -0.3 is 10.2 Å². The molecule has 2 nitrogen and oxygen atoms in total. The maximum absolute atomic E-state index is 3.35. The van der Waals surface area contributed by atoms with Crippen LogP contribution in [0.25, 0.3) is 0 Å².